The van der Waals surface area contributed by atoms with Crippen LogP contribution in [0.4, 0.5) is 22.0 Å². The predicted molar refractivity (Wildman–Crippen MR) is 84.9 cm³/mol. The van der Waals surface area contributed by atoms with Crippen molar-refractivity contribution < 1.29 is 35.1 Å². The van der Waals surface area contributed by atoms with Crippen molar-refractivity contribution in [3.05, 3.63) is 29.8 Å². The molecular weight excluding hydrogens is 367 g/mol. The molecule has 0 aliphatic carbocycles. The minimum absolute atomic E-state index is 0.0574. The molecule has 0 aromatic heterocycles. The van der Waals surface area contributed by atoms with E-state index in [4.69, 9.17) is 0 Å². The molecule has 0 heterocycles. The van der Waals surface area contributed by atoms with E-state index in [0.717, 1.165) is 6.42 Å². The van der Waals surface area contributed by atoms with Gasteiger partial charge in [-0.1, -0.05) is 32.4 Å². The van der Waals surface area contributed by atoms with Gasteiger partial charge in [-0.05, 0) is 30.0 Å². The first-order valence-corrected chi connectivity index (χ1v) is 9.58. The summed E-state index contributed by atoms with van der Waals surface area (Å²) in [6, 6.07) is 5.53. The quantitative estimate of drug-likeness (QED) is 0.582. The van der Waals surface area contributed by atoms with E-state index in [0.29, 0.717) is 12.0 Å². The Morgan fingerprint density at radius 1 is 1.16 bits per heavy atom. The number of hydrogen-bond donors (Lipinski definition) is 0. The summed E-state index contributed by atoms with van der Waals surface area (Å²) in [4.78, 5) is 0. The lowest BCUT2D eigenvalue weighted by molar-refractivity contribution is -0.290. The summed E-state index contributed by atoms with van der Waals surface area (Å²) in [6.07, 6.45) is -4.40. The molecule has 25 heavy (non-hydrogen) atoms. The van der Waals surface area contributed by atoms with Gasteiger partial charge in [0.15, 0.2) is 16.4 Å². The Bertz CT molecular complexity index is 656. The molecule has 0 saturated heterocycles. The highest BCUT2D eigenvalue weighted by Gasteiger charge is 2.58. The van der Waals surface area contributed by atoms with Crippen LogP contribution in [0.5, 0.6) is 5.75 Å². The molecule has 0 spiro atoms. The number of rotatable bonds is 9. The molecule has 0 amide bonds. The van der Waals surface area contributed by atoms with Gasteiger partial charge in [0.1, 0.15) is 5.75 Å². The van der Waals surface area contributed by atoms with Gasteiger partial charge in [-0.15, -0.1) is 0 Å². The number of unbranched alkanes of at least 4 members (excludes halogenated alkanes) is 1. The number of hydrogen-bond acceptors (Lipinski definition) is 3. The van der Waals surface area contributed by atoms with Gasteiger partial charge in [-0.3, -0.25) is 0 Å². The normalized spacial score (nSPS) is 14.4. The molecule has 0 bridgehead atoms. The third-order valence-corrected chi connectivity index (χ3v) is 5.49. The number of alkyl halides is 5. The van der Waals surface area contributed by atoms with E-state index in [2.05, 4.69) is 4.74 Å². The van der Waals surface area contributed by atoms with Crippen LogP contribution in [0.2, 0.25) is 0 Å². The number of ether oxygens (including phenoxy) is 1. The van der Waals surface area contributed by atoms with Crippen LogP contribution in [0.25, 0.3) is 0 Å². The summed E-state index contributed by atoms with van der Waals surface area (Å²) < 4.78 is 90.7. The van der Waals surface area contributed by atoms with E-state index >= 15 is 0 Å². The van der Waals surface area contributed by atoms with Gasteiger partial charge in [-0.2, -0.15) is 22.0 Å². The van der Waals surface area contributed by atoms with Crippen molar-refractivity contribution in [1.29, 1.82) is 0 Å². The third-order valence-electron chi connectivity index (χ3n) is 3.57. The number of sulfone groups is 1. The highest BCUT2D eigenvalue weighted by atomic mass is 32.2. The summed E-state index contributed by atoms with van der Waals surface area (Å²) in [5.74, 6) is -5.64. The van der Waals surface area contributed by atoms with Crippen molar-refractivity contribution in [3.8, 4) is 5.75 Å². The van der Waals surface area contributed by atoms with Crippen LogP contribution >= 0.6 is 0 Å². The van der Waals surface area contributed by atoms with Crippen LogP contribution in [0.3, 0.4) is 0 Å². The van der Waals surface area contributed by atoms with E-state index in [1.165, 1.54) is 18.2 Å². The molecule has 9 heteroatoms. The molecule has 0 aliphatic heterocycles. The van der Waals surface area contributed by atoms with Crippen LogP contribution in [0.1, 0.15) is 38.2 Å². The summed E-state index contributed by atoms with van der Waals surface area (Å²) >= 11 is 0. The molecule has 0 radical (unpaired) electrons. The first-order valence-electron chi connectivity index (χ1n) is 7.75. The van der Waals surface area contributed by atoms with Crippen molar-refractivity contribution in [2.75, 3.05) is 18.1 Å². The first-order chi connectivity index (χ1) is 11.4. The van der Waals surface area contributed by atoms with Crippen LogP contribution in [-0.2, 0) is 9.84 Å². The molecule has 1 atom stereocenters. The Morgan fingerprint density at radius 3 is 2.36 bits per heavy atom. The molecular formula is C16H21F5O3S. The van der Waals surface area contributed by atoms with E-state index in [-0.39, 0.29) is 17.3 Å². The van der Waals surface area contributed by atoms with Crippen LogP contribution in [0, 0.1) is 0 Å². The van der Waals surface area contributed by atoms with E-state index in [9.17, 15) is 30.4 Å². The summed E-state index contributed by atoms with van der Waals surface area (Å²) in [5.41, 5.74) is 0.493. The smallest absolute Gasteiger partial charge is 0.456 e. The lowest BCUT2D eigenvalue weighted by atomic mass is 10.0. The largest absolute Gasteiger partial charge is 0.487 e. The Morgan fingerprint density at radius 2 is 1.80 bits per heavy atom. The zero-order valence-electron chi connectivity index (χ0n) is 13.9. The van der Waals surface area contributed by atoms with Crippen molar-refractivity contribution in [2.45, 2.75) is 44.7 Å². The van der Waals surface area contributed by atoms with Gasteiger partial charge in [0.25, 0.3) is 0 Å². The van der Waals surface area contributed by atoms with Crippen molar-refractivity contribution in [1.82, 2.24) is 0 Å². The Labute approximate surface area is 144 Å². The average molecular weight is 388 g/mol. The van der Waals surface area contributed by atoms with Gasteiger partial charge in [0, 0.05) is 0 Å². The third kappa shape index (κ3) is 6.80. The Balaban J connectivity index is 2.78. The van der Waals surface area contributed by atoms with Gasteiger partial charge in [-0.25, -0.2) is 8.42 Å². The lowest BCUT2D eigenvalue weighted by Crippen LogP contribution is -2.41. The topological polar surface area (TPSA) is 43.4 Å². The SMILES string of the molecule is CCCCS(=O)(=O)C[C@H](C)c1cccc(OCC(F)(F)C(F)(F)F)c1. The minimum atomic E-state index is -5.69. The Hall–Kier alpha value is -1.38. The second kappa shape index (κ2) is 8.33. The van der Waals surface area contributed by atoms with Gasteiger partial charge < -0.3 is 4.74 Å². The molecule has 0 unspecified atom stereocenters. The van der Waals surface area contributed by atoms with Crippen LogP contribution in [0.15, 0.2) is 24.3 Å². The molecule has 0 saturated carbocycles. The van der Waals surface area contributed by atoms with E-state index in [1.807, 2.05) is 6.92 Å². The molecule has 1 aromatic rings. The van der Waals surface area contributed by atoms with Crippen molar-refractivity contribution in [3.63, 3.8) is 0 Å². The van der Waals surface area contributed by atoms with Gasteiger partial charge in [0.05, 0.1) is 11.5 Å². The zero-order valence-corrected chi connectivity index (χ0v) is 14.8. The summed E-state index contributed by atoms with van der Waals surface area (Å²) in [6.45, 7) is 1.69. The highest BCUT2D eigenvalue weighted by Crippen LogP contribution is 2.36. The van der Waals surface area contributed by atoms with Crippen molar-refractivity contribution in [2.24, 2.45) is 0 Å². The van der Waals surface area contributed by atoms with E-state index < -0.39 is 34.5 Å². The molecule has 0 fully saturated rings. The van der Waals surface area contributed by atoms with Crippen molar-refractivity contribution >= 4 is 9.84 Å². The molecule has 3 nitrogen and oxygen atoms in total. The molecule has 144 valence electrons. The maximum absolute atomic E-state index is 12.9. The number of halogens is 5. The Kier molecular flexibility index (Phi) is 7.22. The monoisotopic (exact) mass is 388 g/mol. The van der Waals surface area contributed by atoms with Crippen LogP contribution < -0.4 is 4.74 Å². The fraction of sp³-hybridized carbons (Fsp3) is 0.625. The standard InChI is InChI=1S/C16H21F5O3S/c1-3-4-8-25(22,23)10-12(2)13-6-5-7-14(9-13)24-11-15(17,18)16(19,20)21/h5-7,9,12H,3-4,8,10-11H2,1-2H3/t12-/m0/s1. The van der Waals surface area contributed by atoms with E-state index in [1.54, 1.807) is 13.0 Å². The predicted octanol–water partition coefficient (Wildman–Crippen LogP) is 4.58. The summed E-state index contributed by atoms with van der Waals surface area (Å²) in [5, 5.41) is 0. The second-order valence-corrected chi connectivity index (χ2v) is 8.16. The molecule has 1 aromatic carbocycles. The van der Waals surface area contributed by atoms with Gasteiger partial charge >= 0.3 is 12.1 Å². The molecule has 1 rings (SSSR count). The summed E-state index contributed by atoms with van der Waals surface area (Å²) in [7, 11) is -3.27. The average Bonchev–Trinajstić information content (AvgIpc) is 2.50. The highest BCUT2D eigenvalue weighted by molar-refractivity contribution is 7.91. The number of benzene rings is 1. The van der Waals surface area contributed by atoms with Gasteiger partial charge in [0.2, 0.25) is 0 Å². The fourth-order valence-electron chi connectivity index (χ4n) is 2.09. The fourth-order valence-corrected chi connectivity index (χ4v) is 3.94. The maximum atomic E-state index is 12.9. The second-order valence-electron chi connectivity index (χ2n) is 5.93. The first kappa shape index (κ1) is 21.7. The molecule has 0 N–H and O–H groups in total. The maximum Gasteiger partial charge on any atom is 0.456 e. The minimum Gasteiger partial charge on any atom is -0.487 e. The zero-order chi connectivity index (χ0) is 19.3. The lowest BCUT2D eigenvalue weighted by Gasteiger charge is -2.20. The molecule has 0 aliphatic rings. The van der Waals surface area contributed by atoms with Crippen LogP contribution in [-0.4, -0.2) is 38.6 Å².